The maximum atomic E-state index is 6.28. The Morgan fingerprint density at radius 1 is 1.00 bits per heavy atom. The van der Waals surface area contributed by atoms with Crippen molar-refractivity contribution in [1.29, 1.82) is 0 Å². The van der Waals surface area contributed by atoms with Gasteiger partial charge in [-0.25, -0.2) is 4.98 Å². The minimum atomic E-state index is 0.736. The van der Waals surface area contributed by atoms with Crippen LogP contribution in [0.3, 0.4) is 0 Å². The van der Waals surface area contributed by atoms with Crippen molar-refractivity contribution in [2.75, 3.05) is 5.32 Å². The fourth-order valence-electron chi connectivity index (χ4n) is 2.96. The number of nitrogens with one attached hydrogen (secondary N) is 1. The van der Waals surface area contributed by atoms with E-state index in [2.05, 4.69) is 22.5 Å². The van der Waals surface area contributed by atoms with Gasteiger partial charge in [-0.1, -0.05) is 48.0 Å². The molecule has 2 aromatic carbocycles. The van der Waals surface area contributed by atoms with Gasteiger partial charge < -0.3 is 5.32 Å². The first-order chi connectivity index (χ1) is 12.5. The molecule has 0 saturated heterocycles. The molecule has 0 aliphatic heterocycles. The predicted molar refractivity (Wildman–Crippen MR) is 107 cm³/mol. The predicted octanol–water partition coefficient (Wildman–Crippen LogP) is 5.72. The molecule has 2 aromatic heterocycles. The largest absolute Gasteiger partial charge is 0.340 e. The van der Waals surface area contributed by atoms with Gasteiger partial charge in [-0.3, -0.25) is 0 Å². The fourth-order valence-corrected chi connectivity index (χ4v) is 3.14. The highest BCUT2D eigenvalue weighted by Crippen LogP contribution is 2.30. The van der Waals surface area contributed by atoms with Gasteiger partial charge in [0, 0.05) is 27.5 Å². The summed E-state index contributed by atoms with van der Waals surface area (Å²) in [5, 5.41) is 8.79. The first kappa shape index (κ1) is 16.6. The van der Waals surface area contributed by atoms with Crippen LogP contribution in [0.1, 0.15) is 16.8 Å². The number of hydrogen-bond donors (Lipinski definition) is 1. The molecule has 4 aromatic rings. The van der Waals surface area contributed by atoms with Crippen LogP contribution in [0.5, 0.6) is 0 Å². The lowest BCUT2D eigenvalue weighted by molar-refractivity contribution is 0.924. The third-order valence-corrected chi connectivity index (χ3v) is 5.05. The molecule has 0 spiro atoms. The summed E-state index contributed by atoms with van der Waals surface area (Å²) in [5.74, 6) is 0.898. The van der Waals surface area contributed by atoms with Gasteiger partial charge in [0.05, 0.1) is 6.20 Å². The smallest absolute Gasteiger partial charge is 0.165 e. The maximum absolute atomic E-state index is 6.28. The second-order valence-corrected chi connectivity index (χ2v) is 6.83. The molecule has 1 N–H and O–H groups in total. The van der Waals surface area contributed by atoms with Gasteiger partial charge in [-0.2, -0.15) is 9.61 Å². The zero-order valence-electron chi connectivity index (χ0n) is 14.9. The molecule has 26 heavy (non-hydrogen) atoms. The van der Waals surface area contributed by atoms with Crippen LogP contribution in [0.25, 0.3) is 16.8 Å². The Balaban J connectivity index is 1.87. The van der Waals surface area contributed by atoms with Crippen molar-refractivity contribution in [2.45, 2.75) is 20.8 Å². The summed E-state index contributed by atoms with van der Waals surface area (Å²) < 4.78 is 1.86. The molecule has 0 saturated carbocycles. The number of rotatable bonds is 3. The number of aromatic nitrogens is 3. The van der Waals surface area contributed by atoms with Gasteiger partial charge in [0.2, 0.25) is 0 Å². The molecular weight excluding hydrogens is 344 g/mol. The van der Waals surface area contributed by atoms with Crippen molar-refractivity contribution in [3.05, 3.63) is 76.6 Å². The van der Waals surface area contributed by atoms with E-state index in [1.165, 1.54) is 0 Å². The van der Waals surface area contributed by atoms with E-state index in [-0.39, 0.29) is 0 Å². The normalized spacial score (nSPS) is 11.1. The van der Waals surface area contributed by atoms with Crippen LogP contribution in [-0.2, 0) is 0 Å². The van der Waals surface area contributed by atoms with Crippen LogP contribution in [0, 0.1) is 20.8 Å². The third kappa shape index (κ3) is 2.82. The van der Waals surface area contributed by atoms with Crippen molar-refractivity contribution in [1.82, 2.24) is 14.6 Å². The van der Waals surface area contributed by atoms with E-state index in [1.54, 1.807) is 0 Å². The summed E-state index contributed by atoms with van der Waals surface area (Å²) in [4.78, 5) is 4.78. The molecule has 0 bridgehead atoms. The monoisotopic (exact) mass is 362 g/mol. The van der Waals surface area contributed by atoms with E-state index < -0.39 is 0 Å². The minimum Gasteiger partial charge on any atom is -0.340 e. The minimum absolute atomic E-state index is 0.736. The van der Waals surface area contributed by atoms with Crippen LogP contribution in [0.2, 0.25) is 5.02 Å². The lowest BCUT2D eigenvalue weighted by atomic mass is 10.1. The number of nitrogens with zero attached hydrogens (tertiary/aromatic N) is 3. The van der Waals surface area contributed by atoms with E-state index in [1.807, 2.05) is 67.9 Å². The Morgan fingerprint density at radius 2 is 1.77 bits per heavy atom. The van der Waals surface area contributed by atoms with Crippen LogP contribution in [0.4, 0.5) is 11.5 Å². The van der Waals surface area contributed by atoms with E-state index in [4.69, 9.17) is 16.6 Å². The standard InChI is InChI=1S/C21H19ClN4/c1-13-9-10-17(11-19(13)22)25-20-14(2)15(3)24-21-18(12-23-26(20)21)16-7-5-4-6-8-16/h4-12,25H,1-3H3. The maximum Gasteiger partial charge on any atom is 0.165 e. The molecule has 0 aliphatic rings. The molecule has 0 fully saturated rings. The molecular formula is C21H19ClN4. The second-order valence-electron chi connectivity index (χ2n) is 6.42. The molecule has 4 rings (SSSR count). The Labute approximate surface area is 157 Å². The summed E-state index contributed by atoms with van der Waals surface area (Å²) in [5.41, 5.74) is 6.94. The highest BCUT2D eigenvalue weighted by molar-refractivity contribution is 6.31. The number of anilines is 2. The van der Waals surface area contributed by atoms with E-state index in [0.717, 1.165) is 50.1 Å². The van der Waals surface area contributed by atoms with Gasteiger partial charge in [0.15, 0.2) is 5.65 Å². The highest BCUT2D eigenvalue weighted by Gasteiger charge is 2.15. The molecule has 0 aliphatic carbocycles. The SMILES string of the molecule is Cc1ccc(Nc2c(C)c(C)nc3c(-c4ccccc4)cnn23)cc1Cl. The van der Waals surface area contributed by atoms with Gasteiger partial charge >= 0.3 is 0 Å². The topological polar surface area (TPSA) is 42.2 Å². The number of fused-ring (bicyclic) bond motifs is 1. The fraction of sp³-hybridized carbons (Fsp3) is 0.143. The molecule has 5 heteroatoms. The Hall–Kier alpha value is -2.85. The third-order valence-electron chi connectivity index (χ3n) is 4.65. The Kier molecular flexibility index (Phi) is 4.13. The average molecular weight is 363 g/mol. The van der Waals surface area contributed by atoms with Crippen molar-refractivity contribution >= 4 is 28.8 Å². The lowest BCUT2D eigenvalue weighted by Crippen LogP contribution is -2.06. The molecule has 0 amide bonds. The first-order valence-corrected chi connectivity index (χ1v) is 8.86. The van der Waals surface area contributed by atoms with Crippen molar-refractivity contribution in [3.63, 3.8) is 0 Å². The summed E-state index contributed by atoms with van der Waals surface area (Å²) in [6.07, 6.45) is 1.86. The number of benzene rings is 2. The summed E-state index contributed by atoms with van der Waals surface area (Å²) >= 11 is 6.28. The quantitative estimate of drug-likeness (QED) is 0.507. The van der Waals surface area contributed by atoms with E-state index in [0.29, 0.717) is 0 Å². The van der Waals surface area contributed by atoms with Crippen LogP contribution in [-0.4, -0.2) is 14.6 Å². The summed E-state index contributed by atoms with van der Waals surface area (Å²) in [6.45, 7) is 6.06. The van der Waals surface area contributed by atoms with Gasteiger partial charge in [-0.15, -0.1) is 0 Å². The van der Waals surface area contributed by atoms with Crippen molar-refractivity contribution in [3.8, 4) is 11.1 Å². The van der Waals surface area contributed by atoms with Gasteiger partial charge in [-0.05, 0) is 44.0 Å². The number of hydrogen-bond acceptors (Lipinski definition) is 3. The average Bonchev–Trinajstić information content (AvgIpc) is 3.06. The van der Waals surface area contributed by atoms with Gasteiger partial charge in [0.1, 0.15) is 5.82 Å². The van der Waals surface area contributed by atoms with Crippen LogP contribution >= 0.6 is 11.6 Å². The van der Waals surface area contributed by atoms with Crippen molar-refractivity contribution in [2.24, 2.45) is 0 Å². The van der Waals surface area contributed by atoms with Crippen LogP contribution < -0.4 is 5.32 Å². The molecule has 0 unspecified atom stereocenters. The molecule has 130 valence electrons. The zero-order valence-corrected chi connectivity index (χ0v) is 15.7. The van der Waals surface area contributed by atoms with E-state index >= 15 is 0 Å². The highest BCUT2D eigenvalue weighted by atomic mass is 35.5. The molecule has 0 atom stereocenters. The molecule has 0 radical (unpaired) electrons. The number of aryl methyl sites for hydroxylation is 2. The summed E-state index contributed by atoms with van der Waals surface area (Å²) in [7, 11) is 0. The molecule has 4 nitrogen and oxygen atoms in total. The summed E-state index contributed by atoms with van der Waals surface area (Å²) in [6, 6.07) is 16.1. The zero-order chi connectivity index (χ0) is 18.3. The Bertz CT molecular complexity index is 1100. The van der Waals surface area contributed by atoms with Crippen molar-refractivity contribution < 1.29 is 0 Å². The first-order valence-electron chi connectivity index (χ1n) is 8.48. The second kappa shape index (κ2) is 6.46. The van der Waals surface area contributed by atoms with Gasteiger partial charge in [0.25, 0.3) is 0 Å². The number of halogens is 1. The van der Waals surface area contributed by atoms with Crippen LogP contribution in [0.15, 0.2) is 54.7 Å². The lowest BCUT2D eigenvalue weighted by Gasteiger charge is -2.14. The molecule has 2 heterocycles. The van der Waals surface area contributed by atoms with E-state index in [9.17, 15) is 0 Å². The Morgan fingerprint density at radius 3 is 2.50 bits per heavy atom.